The molecule has 1 N–H and O–H groups in total. The van der Waals surface area contributed by atoms with E-state index >= 15 is 0 Å². The van der Waals surface area contributed by atoms with Crippen LogP contribution in [0.2, 0.25) is 5.02 Å². The molecular formula is C19H20BrClFNS. The maximum Gasteiger partial charge on any atom is 0.123 e. The minimum absolute atomic E-state index is 0.234. The maximum absolute atomic E-state index is 13.3. The quantitative estimate of drug-likeness (QED) is 0.457. The topological polar surface area (TPSA) is 12.0 Å². The van der Waals surface area contributed by atoms with Crippen molar-refractivity contribution in [2.75, 3.05) is 10.5 Å². The van der Waals surface area contributed by atoms with E-state index in [4.69, 9.17) is 11.6 Å². The lowest BCUT2D eigenvalue weighted by Gasteiger charge is -2.14. The van der Waals surface area contributed by atoms with Crippen molar-refractivity contribution in [2.24, 2.45) is 0 Å². The van der Waals surface area contributed by atoms with Crippen molar-refractivity contribution in [3.05, 3.63) is 68.9 Å². The van der Waals surface area contributed by atoms with Crippen molar-refractivity contribution in [2.45, 2.75) is 26.7 Å². The van der Waals surface area contributed by atoms with Crippen LogP contribution in [0.3, 0.4) is 0 Å². The Labute approximate surface area is 160 Å². The number of allylic oxidation sites excluding steroid dienone is 1. The highest BCUT2D eigenvalue weighted by atomic mass is 79.9. The molecule has 5 heteroatoms. The van der Waals surface area contributed by atoms with E-state index in [-0.39, 0.29) is 5.82 Å². The van der Waals surface area contributed by atoms with E-state index in [1.54, 1.807) is 24.1 Å². The van der Waals surface area contributed by atoms with Gasteiger partial charge in [0.25, 0.3) is 0 Å². The molecule has 0 bridgehead atoms. The maximum atomic E-state index is 13.3. The minimum atomic E-state index is -0.234. The minimum Gasteiger partial charge on any atom is -0.328 e. The van der Waals surface area contributed by atoms with Gasteiger partial charge in [0.2, 0.25) is 0 Å². The zero-order chi connectivity index (χ0) is 17.5. The van der Waals surface area contributed by atoms with Crippen LogP contribution in [0.15, 0.2) is 46.9 Å². The van der Waals surface area contributed by atoms with Crippen LogP contribution in [-0.4, -0.2) is 5.75 Å². The molecule has 2 aromatic rings. The van der Waals surface area contributed by atoms with Crippen LogP contribution in [-0.2, 0) is 0 Å². The highest BCUT2D eigenvalue weighted by Crippen LogP contribution is 2.37. The molecule has 0 aliphatic carbocycles. The molecule has 128 valence electrons. The Hall–Kier alpha value is -0.970. The standard InChI is InChI=1S/C19H20BrClFNS/c1-3-5-6-15(13-7-9-14(22)10-8-13)16-11-18(21)19(12-17(16)20)23-24-4-2/h6-12,23H,3-5H2,1-2H3/b15-6-. The van der Waals surface area contributed by atoms with Crippen molar-refractivity contribution in [1.82, 2.24) is 0 Å². The summed E-state index contributed by atoms with van der Waals surface area (Å²) in [6, 6.07) is 10.5. The first kappa shape index (κ1) is 19.4. The molecule has 0 fully saturated rings. The Morgan fingerprint density at radius 2 is 1.96 bits per heavy atom. The van der Waals surface area contributed by atoms with E-state index in [0.717, 1.165) is 45.5 Å². The van der Waals surface area contributed by atoms with E-state index in [0.29, 0.717) is 5.02 Å². The summed E-state index contributed by atoms with van der Waals surface area (Å²) in [5, 5.41) is 0.665. The molecule has 0 unspecified atom stereocenters. The number of hydrogen-bond acceptors (Lipinski definition) is 2. The SMILES string of the molecule is CCC/C=C(/c1ccc(F)cc1)c1cc(Cl)c(NSCC)cc1Br. The average molecular weight is 429 g/mol. The second kappa shape index (κ2) is 9.50. The summed E-state index contributed by atoms with van der Waals surface area (Å²) in [7, 11) is 0. The molecule has 0 aliphatic rings. The molecule has 0 aromatic heterocycles. The van der Waals surface area contributed by atoms with Gasteiger partial charge in [-0.3, -0.25) is 0 Å². The van der Waals surface area contributed by atoms with E-state index in [9.17, 15) is 4.39 Å². The van der Waals surface area contributed by atoms with Crippen LogP contribution in [0, 0.1) is 5.82 Å². The summed E-state index contributed by atoms with van der Waals surface area (Å²) in [5.41, 5.74) is 3.92. The first-order chi connectivity index (χ1) is 11.6. The molecule has 24 heavy (non-hydrogen) atoms. The van der Waals surface area contributed by atoms with Crippen LogP contribution in [0.1, 0.15) is 37.8 Å². The lowest BCUT2D eigenvalue weighted by Crippen LogP contribution is -1.94. The molecule has 2 rings (SSSR count). The third-order valence-corrected chi connectivity index (χ3v) is 5.09. The van der Waals surface area contributed by atoms with Crippen LogP contribution in [0.5, 0.6) is 0 Å². The van der Waals surface area contributed by atoms with Gasteiger partial charge in [-0.25, -0.2) is 4.39 Å². The first-order valence-corrected chi connectivity index (χ1v) is 10.1. The fourth-order valence-electron chi connectivity index (χ4n) is 2.28. The molecular weight excluding hydrogens is 409 g/mol. The summed E-state index contributed by atoms with van der Waals surface area (Å²) in [4.78, 5) is 0. The predicted molar refractivity (Wildman–Crippen MR) is 109 cm³/mol. The third-order valence-electron chi connectivity index (χ3n) is 3.47. The van der Waals surface area contributed by atoms with Gasteiger partial charge in [-0.2, -0.15) is 0 Å². The second-order valence-corrected chi connectivity index (χ2v) is 7.59. The molecule has 0 saturated carbocycles. The largest absolute Gasteiger partial charge is 0.328 e. The molecule has 0 aliphatic heterocycles. The van der Waals surface area contributed by atoms with Gasteiger partial charge in [0.15, 0.2) is 0 Å². The van der Waals surface area contributed by atoms with E-state index in [1.165, 1.54) is 12.1 Å². The number of benzene rings is 2. The van der Waals surface area contributed by atoms with Crippen molar-refractivity contribution in [3.8, 4) is 0 Å². The number of halogens is 3. The number of unbranched alkanes of at least 4 members (excludes halogenated alkanes) is 1. The second-order valence-electron chi connectivity index (χ2n) is 5.26. The number of nitrogens with one attached hydrogen (secondary N) is 1. The van der Waals surface area contributed by atoms with Gasteiger partial charge in [0.1, 0.15) is 5.82 Å². The van der Waals surface area contributed by atoms with Crippen LogP contribution >= 0.6 is 39.5 Å². The van der Waals surface area contributed by atoms with Crippen molar-refractivity contribution < 1.29 is 4.39 Å². The van der Waals surface area contributed by atoms with Gasteiger partial charge in [-0.05, 0) is 47.4 Å². The van der Waals surface area contributed by atoms with Gasteiger partial charge in [0, 0.05) is 10.2 Å². The summed E-state index contributed by atoms with van der Waals surface area (Å²) < 4.78 is 17.5. The first-order valence-electron chi connectivity index (χ1n) is 7.90. The Kier molecular flexibility index (Phi) is 7.66. The van der Waals surface area contributed by atoms with Crippen molar-refractivity contribution in [1.29, 1.82) is 0 Å². The van der Waals surface area contributed by atoms with Crippen LogP contribution < -0.4 is 4.72 Å². The highest BCUT2D eigenvalue weighted by molar-refractivity contribution is 9.10. The molecule has 0 heterocycles. The summed E-state index contributed by atoms with van der Waals surface area (Å²) in [6.07, 6.45) is 4.17. The van der Waals surface area contributed by atoms with Gasteiger partial charge in [-0.15, -0.1) is 0 Å². The van der Waals surface area contributed by atoms with E-state index in [2.05, 4.69) is 40.6 Å². The van der Waals surface area contributed by atoms with E-state index in [1.807, 2.05) is 12.1 Å². The zero-order valence-electron chi connectivity index (χ0n) is 13.7. The lowest BCUT2D eigenvalue weighted by molar-refractivity contribution is 0.627. The smallest absolute Gasteiger partial charge is 0.123 e. The van der Waals surface area contributed by atoms with Crippen molar-refractivity contribution in [3.63, 3.8) is 0 Å². The molecule has 0 amide bonds. The van der Waals surface area contributed by atoms with Crippen LogP contribution in [0.25, 0.3) is 5.57 Å². The lowest BCUT2D eigenvalue weighted by atomic mass is 9.96. The third kappa shape index (κ3) is 5.01. The van der Waals surface area contributed by atoms with Crippen molar-refractivity contribution >= 4 is 50.7 Å². The molecule has 1 nitrogen and oxygen atoms in total. The zero-order valence-corrected chi connectivity index (χ0v) is 16.9. The predicted octanol–water partition coefficient (Wildman–Crippen LogP) is 7.55. The number of anilines is 1. The van der Waals surface area contributed by atoms with Crippen LogP contribution in [0.4, 0.5) is 10.1 Å². The normalized spacial score (nSPS) is 11.6. The summed E-state index contributed by atoms with van der Waals surface area (Å²) in [6.45, 7) is 4.21. The van der Waals surface area contributed by atoms with Gasteiger partial charge < -0.3 is 4.72 Å². The fraction of sp³-hybridized carbons (Fsp3) is 0.263. The van der Waals surface area contributed by atoms with Gasteiger partial charge in [0.05, 0.1) is 10.7 Å². The fourth-order valence-corrected chi connectivity index (χ4v) is 3.58. The number of rotatable bonds is 7. The van der Waals surface area contributed by atoms with Gasteiger partial charge >= 0.3 is 0 Å². The summed E-state index contributed by atoms with van der Waals surface area (Å²) in [5.74, 6) is 0.717. The molecule has 0 radical (unpaired) electrons. The molecule has 0 atom stereocenters. The Balaban J connectivity index is 2.46. The Morgan fingerprint density at radius 3 is 2.58 bits per heavy atom. The monoisotopic (exact) mass is 427 g/mol. The van der Waals surface area contributed by atoms with Gasteiger partial charge in [-0.1, -0.05) is 78.0 Å². The van der Waals surface area contributed by atoms with E-state index < -0.39 is 0 Å². The summed E-state index contributed by atoms with van der Waals surface area (Å²) >= 11 is 11.7. The highest BCUT2D eigenvalue weighted by Gasteiger charge is 2.13. The Morgan fingerprint density at radius 1 is 1.25 bits per heavy atom. The molecule has 0 saturated heterocycles. The average Bonchev–Trinajstić information content (AvgIpc) is 2.58. The Bertz CT molecular complexity index is 716. The number of hydrogen-bond donors (Lipinski definition) is 1. The molecule has 2 aromatic carbocycles. The molecule has 0 spiro atoms.